The Morgan fingerprint density at radius 1 is 1.09 bits per heavy atom. The van der Waals surface area contributed by atoms with Crippen molar-refractivity contribution in [2.75, 3.05) is 0 Å². The molecule has 0 spiro atoms. The highest BCUT2D eigenvalue weighted by atomic mass is 32.1. The van der Waals surface area contributed by atoms with Crippen LogP contribution in [0.4, 0.5) is 0 Å². The van der Waals surface area contributed by atoms with E-state index in [2.05, 4.69) is 21.2 Å². The maximum Gasteiger partial charge on any atom is 0.261 e. The van der Waals surface area contributed by atoms with Gasteiger partial charge in [0.25, 0.3) is 5.91 Å². The molecule has 4 heterocycles. The summed E-state index contributed by atoms with van der Waals surface area (Å²) in [6.45, 7) is 1.54. The number of imidazole rings is 1. The van der Waals surface area contributed by atoms with Crippen molar-refractivity contribution < 1.29 is 4.79 Å². The van der Waals surface area contributed by atoms with E-state index in [-0.39, 0.29) is 5.91 Å². The van der Waals surface area contributed by atoms with E-state index < -0.39 is 0 Å². The first-order valence-corrected chi connectivity index (χ1v) is 13.2. The first kappa shape index (κ1) is 20.4. The molecule has 34 heavy (non-hydrogen) atoms. The first-order chi connectivity index (χ1) is 16.6. The van der Waals surface area contributed by atoms with Crippen molar-refractivity contribution in [3.05, 3.63) is 65.7 Å². The van der Waals surface area contributed by atoms with Gasteiger partial charge >= 0.3 is 0 Å². The minimum atomic E-state index is -0.0413. The second-order valence-electron chi connectivity index (χ2n) is 10.9. The number of pyridine rings is 1. The summed E-state index contributed by atoms with van der Waals surface area (Å²) < 4.78 is 4.13. The zero-order valence-corrected chi connectivity index (χ0v) is 20.0. The number of nitrogens with zero attached hydrogens (tertiary/aromatic N) is 4. The van der Waals surface area contributed by atoms with E-state index >= 15 is 0 Å². The van der Waals surface area contributed by atoms with E-state index in [1.165, 1.54) is 49.9 Å². The number of thiophene rings is 1. The van der Waals surface area contributed by atoms with Crippen molar-refractivity contribution in [2.45, 2.75) is 51.6 Å². The fourth-order valence-corrected chi connectivity index (χ4v) is 8.25. The molecule has 4 aliphatic carbocycles. The second kappa shape index (κ2) is 7.80. The highest BCUT2D eigenvalue weighted by molar-refractivity contribution is 7.17. The van der Waals surface area contributed by atoms with Gasteiger partial charge in [-0.3, -0.25) is 9.48 Å². The molecule has 0 unspecified atom stereocenters. The molecule has 4 aliphatic rings. The van der Waals surface area contributed by atoms with E-state index in [0.717, 1.165) is 50.8 Å². The quantitative estimate of drug-likeness (QED) is 0.409. The van der Waals surface area contributed by atoms with Crippen LogP contribution in [-0.2, 0) is 13.1 Å². The van der Waals surface area contributed by atoms with Crippen LogP contribution in [0, 0.1) is 23.2 Å². The minimum absolute atomic E-state index is 0.0413. The van der Waals surface area contributed by atoms with Crippen molar-refractivity contribution in [2.24, 2.45) is 23.2 Å². The number of rotatable bonds is 6. The third-order valence-corrected chi connectivity index (χ3v) is 9.46. The van der Waals surface area contributed by atoms with Crippen molar-refractivity contribution >= 4 is 22.9 Å². The van der Waals surface area contributed by atoms with Crippen LogP contribution in [-0.4, -0.2) is 25.1 Å². The van der Waals surface area contributed by atoms with E-state index in [1.807, 2.05) is 47.3 Å². The van der Waals surface area contributed by atoms with Crippen LogP contribution in [0.5, 0.6) is 0 Å². The molecule has 4 saturated carbocycles. The topological polar surface area (TPSA) is 64.2 Å². The van der Waals surface area contributed by atoms with Gasteiger partial charge < -0.3 is 9.72 Å². The standard InChI is InChI=1S/C27H29N5OS/c33-26(29-14-18-3-5-31-6-4-28-25(31)10-18)24-2-1-23(34-24)22-15-30-32(16-22)17-27-11-19-7-20(12-27)9-21(8-19)13-27/h1-6,10,15-16,19-21H,7-9,11-14,17H2,(H,29,33). The van der Waals surface area contributed by atoms with Gasteiger partial charge in [0.05, 0.1) is 11.1 Å². The molecule has 4 aromatic heterocycles. The second-order valence-corrected chi connectivity index (χ2v) is 12.0. The lowest BCUT2D eigenvalue weighted by Crippen LogP contribution is -2.47. The summed E-state index contributed by atoms with van der Waals surface area (Å²) in [6.07, 6.45) is 18.4. The molecule has 4 aromatic rings. The molecule has 1 amide bonds. The normalized spacial score (nSPS) is 27.5. The maximum atomic E-state index is 12.8. The molecule has 0 aliphatic heterocycles. The van der Waals surface area contributed by atoms with Gasteiger partial charge in [-0.15, -0.1) is 11.3 Å². The van der Waals surface area contributed by atoms with Crippen LogP contribution in [0.15, 0.2) is 55.2 Å². The highest BCUT2D eigenvalue weighted by Gasteiger charge is 2.51. The number of carbonyl (C=O) groups is 1. The van der Waals surface area contributed by atoms with Crippen LogP contribution in [0.1, 0.15) is 53.8 Å². The van der Waals surface area contributed by atoms with Gasteiger partial charge in [0, 0.05) is 48.3 Å². The van der Waals surface area contributed by atoms with E-state index in [4.69, 9.17) is 5.10 Å². The fourth-order valence-electron chi connectivity index (χ4n) is 7.35. The predicted octanol–water partition coefficient (Wildman–Crippen LogP) is 5.41. The Bertz CT molecular complexity index is 1330. The van der Waals surface area contributed by atoms with Crippen molar-refractivity contribution in [3.63, 3.8) is 0 Å². The van der Waals surface area contributed by atoms with Crippen LogP contribution >= 0.6 is 11.3 Å². The average molecular weight is 472 g/mol. The Labute approximate surface area is 203 Å². The monoisotopic (exact) mass is 471 g/mol. The molecule has 4 fully saturated rings. The molecule has 4 bridgehead atoms. The van der Waals surface area contributed by atoms with E-state index in [0.29, 0.717) is 12.0 Å². The number of nitrogens with one attached hydrogen (secondary N) is 1. The van der Waals surface area contributed by atoms with Gasteiger partial charge in [-0.05, 0) is 91.5 Å². The molecular weight excluding hydrogens is 442 g/mol. The highest BCUT2D eigenvalue weighted by Crippen LogP contribution is 2.60. The van der Waals surface area contributed by atoms with Crippen molar-refractivity contribution in [3.8, 4) is 10.4 Å². The van der Waals surface area contributed by atoms with Crippen LogP contribution < -0.4 is 5.32 Å². The smallest absolute Gasteiger partial charge is 0.261 e. The summed E-state index contributed by atoms with van der Waals surface area (Å²) in [6, 6.07) is 7.97. The third kappa shape index (κ3) is 3.66. The Morgan fingerprint density at radius 2 is 1.88 bits per heavy atom. The van der Waals surface area contributed by atoms with Crippen LogP contribution in [0.2, 0.25) is 0 Å². The molecular formula is C27H29N5OS. The lowest BCUT2D eigenvalue weighted by atomic mass is 9.49. The lowest BCUT2D eigenvalue weighted by molar-refractivity contribution is -0.0635. The fraction of sp³-hybridized carbons (Fsp3) is 0.444. The number of amides is 1. The average Bonchev–Trinajstić information content (AvgIpc) is 3.56. The largest absolute Gasteiger partial charge is 0.347 e. The van der Waals surface area contributed by atoms with E-state index in [9.17, 15) is 4.79 Å². The molecule has 7 heteroatoms. The van der Waals surface area contributed by atoms with Gasteiger partial charge in [-0.25, -0.2) is 4.98 Å². The lowest BCUT2D eigenvalue weighted by Gasteiger charge is -2.56. The number of hydrogen-bond acceptors (Lipinski definition) is 4. The van der Waals surface area contributed by atoms with Gasteiger partial charge in [-0.1, -0.05) is 0 Å². The zero-order valence-electron chi connectivity index (χ0n) is 19.2. The Balaban J connectivity index is 1.01. The molecule has 1 N–H and O–H groups in total. The zero-order chi connectivity index (χ0) is 22.7. The van der Waals surface area contributed by atoms with Crippen LogP contribution in [0.3, 0.4) is 0 Å². The summed E-state index contributed by atoms with van der Waals surface area (Å²) in [4.78, 5) is 18.9. The van der Waals surface area contributed by atoms with E-state index in [1.54, 1.807) is 6.20 Å². The number of hydrogen-bond donors (Lipinski definition) is 1. The van der Waals surface area contributed by atoms with Gasteiger partial charge in [-0.2, -0.15) is 5.10 Å². The van der Waals surface area contributed by atoms with Crippen molar-refractivity contribution in [1.82, 2.24) is 24.5 Å². The number of fused-ring (bicyclic) bond motifs is 1. The maximum absolute atomic E-state index is 12.8. The Hall–Kier alpha value is -2.93. The molecule has 0 radical (unpaired) electrons. The summed E-state index contributed by atoms with van der Waals surface area (Å²) in [5.41, 5.74) is 3.50. The Kier molecular flexibility index (Phi) is 4.69. The summed E-state index contributed by atoms with van der Waals surface area (Å²) in [5.74, 6) is 2.84. The van der Waals surface area contributed by atoms with Crippen molar-refractivity contribution in [1.29, 1.82) is 0 Å². The summed E-state index contributed by atoms with van der Waals surface area (Å²) in [7, 11) is 0. The molecule has 0 aromatic carbocycles. The minimum Gasteiger partial charge on any atom is -0.347 e. The molecule has 8 rings (SSSR count). The number of aromatic nitrogens is 4. The predicted molar refractivity (Wildman–Crippen MR) is 133 cm³/mol. The third-order valence-electron chi connectivity index (χ3n) is 8.33. The SMILES string of the molecule is O=C(NCc1ccn2ccnc2c1)c1ccc(-c2cnn(CC34CC5CC(CC(C5)C3)C4)c2)s1. The molecule has 0 atom stereocenters. The Morgan fingerprint density at radius 3 is 2.68 bits per heavy atom. The summed E-state index contributed by atoms with van der Waals surface area (Å²) in [5, 5.41) is 7.78. The van der Waals surface area contributed by atoms with Gasteiger partial charge in [0.15, 0.2) is 0 Å². The first-order valence-electron chi connectivity index (χ1n) is 12.4. The molecule has 6 nitrogen and oxygen atoms in total. The van der Waals surface area contributed by atoms with Crippen LogP contribution in [0.25, 0.3) is 16.1 Å². The summed E-state index contributed by atoms with van der Waals surface area (Å²) >= 11 is 1.53. The molecule has 0 saturated heterocycles. The van der Waals surface area contributed by atoms with Gasteiger partial charge in [0.2, 0.25) is 0 Å². The molecule has 174 valence electrons. The number of carbonyl (C=O) groups excluding carboxylic acids is 1. The van der Waals surface area contributed by atoms with Gasteiger partial charge in [0.1, 0.15) is 5.65 Å².